The maximum atomic E-state index is 4.42. The predicted molar refractivity (Wildman–Crippen MR) is 70.3 cm³/mol. The van der Waals surface area contributed by atoms with E-state index in [1.54, 1.807) is 6.20 Å². The van der Waals surface area contributed by atoms with E-state index in [4.69, 9.17) is 0 Å². The number of aryl methyl sites for hydroxylation is 1. The predicted octanol–water partition coefficient (Wildman–Crippen LogP) is 3.11. The van der Waals surface area contributed by atoms with Gasteiger partial charge in [0.05, 0.1) is 6.21 Å². The van der Waals surface area contributed by atoms with Crippen molar-refractivity contribution in [3.8, 4) is 0 Å². The molecule has 0 bridgehead atoms. The lowest BCUT2D eigenvalue weighted by Crippen LogP contribution is -1.98. The molecule has 1 aromatic carbocycles. The molecule has 0 aliphatic heterocycles. The second kappa shape index (κ2) is 5.99. The average Bonchev–Trinajstić information content (AvgIpc) is 2.82. The van der Waals surface area contributed by atoms with Gasteiger partial charge in [0.2, 0.25) is 0 Å². The van der Waals surface area contributed by atoms with Gasteiger partial charge in [-0.1, -0.05) is 43.7 Å². The summed E-state index contributed by atoms with van der Waals surface area (Å²) in [5.41, 5.74) is 1.10. The van der Waals surface area contributed by atoms with Gasteiger partial charge < -0.3 is 0 Å². The number of unbranched alkanes of at least 4 members (excludes halogenated alkanes) is 1. The molecule has 0 spiro atoms. The third-order valence-electron chi connectivity index (χ3n) is 2.58. The van der Waals surface area contributed by atoms with Gasteiger partial charge in [0.15, 0.2) is 0 Å². The number of imidazole rings is 1. The van der Waals surface area contributed by atoms with Crippen LogP contribution in [0.2, 0.25) is 0 Å². The molecular formula is C14H17N3. The van der Waals surface area contributed by atoms with Crippen LogP contribution in [0.4, 0.5) is 0 Å². The number of hydrogen-bond donors (Lipinski definition) is 0. The van der Waals surface area contributed by atoms with Crippen molar-refractivity contribution in [2.45, 2.75) is 26.2 Å². The van der Waals surface area contributed by atoms with Crippen LogP contribution >= 0.6 is 0 Å². The average molecular weight is 227 g/mol. The van der Waals surface area contributed by atoms with Crippen LogP contribution in [0.3, 0.4) is 0 Å². The zero-order valence-electron chi connectivity index (χ0n) is 10.1. The van der Waals surface area contributed by atoms with E-state index in [0.717, 1.165) is 24.2 Å². The van der Waals surface area contributed by atoms with Crippen LogP contribution in [-0.4, -0.2) is 15.9 Å². The summed E-state index contributed by atoms with van der Waals surface area (Å²) in [5, 5.41) is 4.42. The Kier molecular flexibility index (Phi) is 4.08. The lowest BCUT2D eigenvalue weighted by Gasteiger charge is -2.00. The molecule has 0 fully saturated rings. The van der Waals surface area contributed by atoms with Crippen molar-refractivity contribution in [3.63, 3.8) is 0 Å². The summed E-state index contributed by atoms with van der Waals surface area (Å²) < 4.78 is 1.85. The van der Waals surface area contributed by atoms with Crippen LogP contribution in [0.1, 0.15) is 31.2 Å². The van der Waals surface area contributed by atoms with Gasteiger partial charge in [0.25, 0.3) is 0 Å². The van der Waals surface area contributed by atoms with Gasteiger partial charge >= 0.3 is 0 Å². The zero-order valence-corrected chi connectivity index (χ0v) is 10.1. The van der Waals surface area contributed by atoms with Gasteiger partial charge in [-0.3, -0.25) is 0 Å². The van der Waals surface area contributed by atoms with Crippen LogP contribution in [0.25, 0.3) is 0 Å². The van der Waals surface area contributed by atoms with Crippen molar-refractivity contribution < 1.29 is 0 Å². The van der Waals surface area contributed by atoms with Crippen LogP contribution in [0.15, 0.2) is 47.8 Å². The summed E-state index contributed by atoms with van der Waals surface area (Å²) in [6.07, 6.45) is 8.86. The standard InChI is InChI=1S/C14H17N3/c1-2-3-9-14-15-10-11-17(14)16-12-13-7-5-4-6-8-13/h4-8,10-12H,2-3,9H2,1H3. The molecule has 2 aromatic rings. The zero-order chi connectivity index (χ0) is 11.9. The Morgan fingerprint density at radius 1 is 1.29 bits per heavy atom. The molecule has 0 atom stereocenters. The molecule has 0 aliphatic carbocycles. The third kappa shape index (κ3) is 3.28. The SMILES string of the molecule is CCCCc1nccn1N=Cc1ccccc1. The van der Waals surface area contributed by atoms with Gasteiger partial charge in [0.1, 0.15) is 5.82 Å². The summed E-state index contributed by atoms with van der Waals surface area (Å²) in [6.45, 7) is 2.18. The molecule has 1 heterocycles. The van der Waals surface area contributed by atoms with E-state index in [9.17, 15) is 0 Å². The first-order valence-corrected chi connectivity index (χ1v) is 6.02. The Labute approximate surface area is 102 Å². The van der Waals surface area contributed by atoms with Crippen molar-refractivity contribution >= 4 is 6.21 Å². The quantitative estimate of drug-likeness (QED) is 0.722. The minimum Gasteiger partial charge on any atom is -0.240 e. The molecule has 3 heteroatoms. The van der Waals surface area contributed by atoms with Crippen LogP contribution in [-0.2, 0) is 6.42 Å². The molecule has 88 valence electrons. The number of rotatable bonds is 5. The lowest BCUT2D eigenvalue weighted by atomic mass is 10.2. The minimum absolute atomic E-state index is 0.982. The number of aromatic nitrogens is 2. The maximum absolute atomic E-state index is 4.42. The Morgan fingerprint density at radius 3 is 2.88 bits per heavy atom. The van der Waals surface area contributed by atoms with E-state index in [1.807, 2.05) is 47.4 Å². The topological polar surface area (TPSA) is 30.2 Å². The lowest BCUT2D eigenvalue weighted by molar-refractivity contribution is 0.704. The fourth-order valence-electron chi connectivity index (χ4n) is 1.61. The van der Waals surface area contributed by atoms with Gasteiger partial charge in [-0.05, 0) is 12.0 Å². The Hall–Kier alpha value is -1.90. The van der Waals surface area contributed by atoms with Gasteiger partial charge in [-0.25, -0.2) is 9.66 Å². The Balaban J connectivity index is 2.08. The second-order valence-electron chi connectivity index (χ2n) is 3.95. The molecule has 17 heavy (non-hydrogen) atoms. The van der Waals surface area contributed by atoms with Crippen molar-refractivity contribution in [3.05, 3.63) is 54.1 Å². The Morgan fingerprint density at radius 2 is 2.12 bits per heavy atom. The number of benzene rings is 1. The summed E-state index contributed by atoms with van der Waals surface area (Å²) in [5.74, 6) is 1.03. The fourth-order valence-corrected chi connectivity index (χ4v) is 1.61. The van der Waals surface area contributed by atoms with E-state index in [0.29, 0.717) is 0 Å². The summed E-state index contributed by atoms with van der Waals surface area (Å²) in [7, 11) is 0. The maximum Gasteiger partial charge on any atom is 0.129 e. The summed E-state index contributed by atoms with van der Waals surface area (Å²) >= 11 is 0. The van der Waals surface area contributed by atoms with Crippen molar-refractivity contribution in [2.24, 2.45) is 5.10 Å². The van der Waals surface area contributed by atoms with Gasteiger partial charge in [-0.15, -0.1) is 0 Å². The molecule has 2 rings (SSSR count). The molecule has 0 aliphatic rings. The van der Waals surface area contributed by atoms with Crippen LogP contribution in [0, 0.1) is 0 Å². The summed E-state index contributed by atoms with van der Waals surface area (Å²) in [4.78, 5) is 4.32. The fraction of sp³-hybridized carbons (Fsp3) is 0.286. The van der Waals surface area contributed by atoms with E-state index in [1.165, 1.54) is 6.42 Å². The monoisotopic (exact) mass is 227 g/mol. The summed E-state index contributed by atoms with van der Waals surface area (Å²) in [6, 6.07) is 10.1. The highest BCUT2D eigenvalue weighted by atomic mass is 15.4. The van der Waals surface area contributed by atoms with E-state index in [-0.39, 0.29) is 0 Å². The van der Waals surface area contributed by atoms with Crippen molar-refractivity contribution in [2.75, 3.05) is 0 Å². The first-order chi connectivity index (χ1) is 8.40. The highest BCUT2D eigenvalue weighted by molar-refractivity contribution is 5.79. The highest BCUT2D eigenvalue weighted by Crippen LogP contribution is 2.03. The highest BCUT2D eigenvalue weighted by Gasteiger charge is 1.99. The Bertz CT molecular complexity index is 471. The first-order valence-electron chi connectivity index (χ1n) is 6.02. The number of hydrogen-bond acceptors (Lipinski definition) is 2. The van der Waals surface area contributed by atoms with E-state index in [2.05, 4.69) is 17.0 Å². The molecule has 0 saturated carbocycles. The largest absolute Gasteiger partial charge is 0.240 e. The molecule has 0 saturated heterocycles. The smallest absolute Gasteiger partial charge is 0.129 e. The minimum atomic E-state index is 0.982. The number of nitrogens with zero attached hydrogens (tertiary/aromatic N) is 3. The van der Waals surface area contributed by atoms with Gasteiger partial charge in [-0.2, -0.15) is 5.10 Å². The van der Waals surface area contributed by atoms with E-state index < -0.39 is 0 Å². The van der Waals surface area contributed by atoms with Crippen molar-refractivity contribution in [1.82, 2.24) is 9.66 Å². The molecule has 0 radical (unpaired) electrons. The van der Waals surface area contributed by atoms with Gasteiger partial charge in [0, 0.05) is 18.8 Å². The normalized spacial score (nSPS) is 11.1. The molecular weight excluding hydrogens is 210 g/mol. The van der Waals surface area contributed by atoms with Crippen LogP contribution < -0.4 is 0 Å². The molecule has 1 aromatic heterocycles. The molecule has 0 unspecified atom stereocenters. The first kappa shape index (κ1) is 11.6. The second-order valence-corrected chi connectivity index (χ2v) is 3.95. The molecule has 0 amide bonds. The molecule has 0 N–H and O–H groups in total. The van der Waals surface area contributed by atoms with Crippen LogP contribution in [0.5, 0.6) is 0 Å². The van der Waals surface area contributed by atoms with E-state index >= 15 is 0 Å². The third-order valence-corrected chi connectivity index (χ3v) is 2.58. The molecule has 3 nitrogen and oxygen atoms in total. The van der Waals surface area contributed by atoms with Crippen molar-refractivity contribution in [1.29, 1.82) is 0 Å².